The summed E-state index contributed by atoms with van der Waals surface area (Å²) in [5.74, 6) is 1.73. The van der Waals surface area contributed by atoms with Crippen molar-refractivity contribution in [3.05, 3.63) is 48.0 Å². The van der Waals surface area contributed by atoms with Gasteiger partial charge in [0.1, 0.15) is 10.8 Å². The Labute approximate surface area is 153 Å². The molecule has 0 spiro atoms. The molecule has 7 nitrogen and oxygen atoms in total. The number of anilines is 1. The molecule has 2 aromatic carbocycles. The summed E-state index contributed by atoms with van der Waals surface area (Å²) < 4.78 is 16.1. The van der Waals surface area contributed by atoms with E-state index in [1.54, 1.807) is 0 Å². The quantitative estimate of drug-likeness (QED) is 0.743. The number of carbonyl (C=O) groups is 1. The number of carbonyl (C=O) groups excluding carboxylic acids is 1. The molecule has 8 heteroatoms. The molecule has 0 bridgehead atoms. The number of rotatable bonds is 5. The van der Waals surface area contributed by atoms with Gasteiger partial charge in [-0.1, -0.05) is 29.0 Å². The summed E-state index contributed by atoms with van der Waals surface area (Å²) in [5, 5.41) is 11.9. The number of aromatic nitrogens is 2. The molecule has 1 aromatic heterocycles. The SMILES string of the molecule is Cc1ccc(OCC(=O)Nc2nnc(-c3ccc4c(c3)OCO4)s2)cc1. The first-order valence-corrected chi connectivity index (χ1v) is 8.72. The first kappa shape index (κ1) is 16.3. The Morgan fingerprint density at radius 1 is 1.15 bits per heavy atom. The lowest BCUT2D eigenvalue weighted by molar-refractivity contribution is -0.118. The van der Waals surface area contributed by atoms with E-state index in [0.29, 0.717) is 27.4 Å². The second-order valence-corrected chi connectivity index (χ2v) is 6.61. The molecule has 0 unspecified atom stereocenters. The third-order valence-electron chi connectivity index (χ3n) is 3.68. The number of hydrogen-bond donors (Lipinski definition) is 1. The zero-order valence-corrected chi connectivity index (χ0v) is 14.7. The van der Waals surface area contributed by atoms with Crippen molar-refractivity contribution in [1.82, 2.24) is 10.2 Å². The lowest BCUT2D eigenvalue weighted by atomic mass is 10.2. The number of aryl methyl sites for hydroxylation is 1. The van der Waals surface area contributed by atoms with E-state index in [2.05, 4.69) is 15.5 Å². The molecule has 2 heterocycles. The summed E-state index contributed by atoms with van der Waals surface area (Å²) in [6, 6.07) is 13.0. The Morgan fingerprint density at radius 3 is 2.81 bits per heavy atom. The topological polar surface area (TPSA) is 82.6 Å². The van der Waals surface area contributed by atoms with Gasteiger partial charge in [-0.2, -0.15) is 0 Å². The van der Waals surface area contributed by atoms with Crippen molar-refractivity contribution in [3.8, 4) is 27.8 Å². The van der Waals surface area contributed by atoms with Crippen LogP contribution in [0.4, 0.5) is 5.13 Å². The van der Waals surface area contributed by atoms with Gasteiger partial charge >= 0.3 is 0 Å². The van der Waals surface area contributed by atoms with Crippen LogP contribution in [0.15, 0.2) is 42.5 Å². The normalized spacial score (nSPS) is 12.0. The zero-order chi connectivity index (χ0) is 17.9. The van der Waals surface area contributed by atoms with E-state index in [1.807, 2.05) is 49.4 Å². The maximum atomic E-state index is 12.0. The van der Waals surface area contributed by atoms with Gasteiger partial charge in [-0.05, 0) is 37.3 Å². The van der Waals surface area contributed by atoms with Gasteiger partial charge in [-0.3, -0.25) is 10.1 Å². The zero-order valence-electron chi connectivity index (χ0n) is 13.9. The van der Waals surface area contributed by atoms with Gasteiger partial charge in [-0.25, -0.2) is 0 Å². The highest BCUT2D eigenvalue weighted by atomic mass is 32.1. The van der Waals surface area contributed by atoms with E-state index in [-0.39, 0.29) is 19.3 Å². The van der Waals surface area contributed by atoms with Crippen LogP contribution in [0, 0.1) is 6.92 Å². The fourth-order valence-corrected chi connectivity index (χ4v) is 3.11. The summed E-state index contributed by atoms with van der Waals surface area (Å²) in [7, 11) is 0. The van der Waals surface area contributed by atoms with E-state index in [9.17, 15) is 4.79 Å². The highest BCUT2D eigenvalue weighted by Gasteiger charge is 2.16. The molecular formula is C18H15N3O4S. The third kappa shape index (κ3) is 3.60. The average Bonchev–Trinajstić information content (AvgIpc) is 3.29. The molecule has 4 rings (SSSR count). The third-order valence-corrected chi connectivity index (χ3v) is 4.57. The first-order chi connectivity index (χ1) is 12.7. The monoisotopic (exact) mass is 369 g/mol. The number of nitrogens with one attached hydrogen (secondary N) is 1. The van der Waals surface area contributed by atoms with E-state index in [4.69, 9.17) is 14.2 Å². The second-order valence-electron chi connectivity index (χ2n) is 5.63. The second kappa shape index (κ2) is 7.01. The van der Waals surface area contributed by atoms with Crippen molar-refractivity contribution in [3.63, 3.8) is 0 Å². The predicted molar refractivity (Wildman–Crippen MR) is 96.8 cm³/mol. The highest BCUT2D eigenvalue weighted by Crippen LogP contribution is 2.37. The summed E-state index contributed by atoms with van der Waals surface area (Å²) in [6.45, 7) is 2.11. The Hall–Kier alpha value is -3.13. The Balaban J connectivity index is 1.37. The Bertz CT molecular complexity index is 940. The van der Waals surface area contributed by atoms with E-state index in [0.717, 1.165) is 11.1 Å². The van der Waals surface area contributed by atoms with Crippen molar-refractivity contribution in [2.45, 2.75) is 6.92 Å². The van der Waals surface area contributed by atoms with Crippen LogP contribution < -0.4 is 19.5 Å². The molecule has 0 saturated carbocycles. The molecular weight excluding hydrogens is 354 g/mol. The maximum Gasteiger partial charge on any atom is 0.264 e. The summed E-state index contributed by atoms with van der Waals surface area (Å²) in [5.41, 5.74) is 1.98. The minimum absolute atomic E-state index is 0.0952. The predicted octanol–water partition coefficient (Wildman–Crippen LogP) is 3.26. The fourth-order valence-electron chi connectivity index (χ4n) is 2.36. The largest absolute Gasteiger partial charge is 0.484 e. The average molecular weight is 369 g/mol. The number of hydrogen-bond acceptors (Lipinski definition) is 7. The van der Waals surface area contributed by atoms with Gasteiger partial charge in [0, 0.05) is 5.56 Å². The standard InChI is InChI=1S/C18H15N3O4S/c1-11-2-5-13(6-3-11)23-9-16(22)19-18-21-20-17(26-18)12-4-7-14-15(8-12)25-10-24-14/h2-8H,9-10H2,1H3,(H,19,21,22). The van der Waals surface area contributed by atoms with Crippen LogP contribution in [0.1, 0.15) is 5.56 Å². The van der Waals surface area contributed by atoms with Crippen molar-refractivity contribution >= 4 is 22.4 Å². The fraction of sp³-hybridized carbons (Fsp3) is 0.167. The minimum Gasteiger partial charge on any atom is -0.484 e. The molecule has 0 radical (unpaired) electrons. The molecule has 1 N–H and O–H groups in total. The minimum atomic E-state index is -0.293. The highest BCUT2D eigenvalue weighted by molar-refractivity contribution is 7.18. The molecule has 132 valence electrons. The molecule has 1 aliphatic heterocycles. The molecule has 0 saturated heterocycles. The Kier molecular flexibility index (Phi) is 4.40. The smallest absolute Gasteiger partial charge is 0.264 e. The molecule has 1 aliphatic rings. The molecule has 0 aliphatic carbocycles. The molecule has 0 fully saturated rings. The number of benzene rings is 2. The van der Waals surface area contributed by atoms with Crippen LogP contribution in [0.3, 0.4) is 0 Å². The van der Waals surface area contributed by atoms with Gasteiger partial charge in [0.2, 0.25) is 11.9 Å². The summed E-state index contributed by atoms with van der Waals surface area (Å²) >= 11 is 1.28. The van der Waals surface area contributed by atoms with Crippen LogP contribution in [0.25, 0.3) is 10.6 Å². The van der Waals surface area contributed by atoms with Crippen LogP contribution in [0.2, 0.25) is 0 Å². The van der Waals surface area contributed by atoms with E-state index >= 15 is 0 Å². The van der Waals surface area contributed by atoms with E-state index in [1.165, 1.54) is 11.3 Å². The van der Waals surface area contributed by atoms with Gasteiger partial charge in [0.05, 0.1) is 0 Å². The van der Waals surface area contributed by atoms with Gasteiger partial charge < -0.3 is 14.2 Å². The van der Waals surface area contributed by atoms with Gasteiger partial charge in [0.15, 0.2) is 18.1 Å². The van der Waals surface area contributed by atoms with Crippen molar-refractivity contribution in [2.75, 3.05) is 18.7 Å². The number of amides is 1. The van der Waals surface area contributed by atoms with Crippen LogP contribution in [0.5, 0.6) is 17.2 Å². The maximum absolute atomic E-state index is 12.0. The number of nitrogens with zero attached hydrogens (tertiary/aromatic N) is 2. The van der Waals surface area contributed by atoms with Crippen LogP contribution in [-0.4, -0.2) is 29.5 Å². The number of ether oxygens (including phenoxy) is 3. The van der Waals surface area contributed by atoms with Crippen LogP contribution in [-0.2, 0) is 4.79 Å². The van der Waals surface area contributed by atoms with Crippen molar-refractivity contribution in [2.24, 2.45) is 0 Å². The molecule has 0 atom stereocenters. The lowest BCUT2D eigenvalue weighted by Gasteiger charge is -2.05. The molecule has 3 aromatic rings. The summed E-state index contributed by atoms with van der Waals surface area (Å²) in [4.78, 5) is 12.0. The lowest BCUT2D eigenvalue weighted by Crippen LogP contribution is -2.20. The Morgan fingerprint density at radius 2 is 1.96 bits per heavy atom. The van der Waals surface area contributed by atoms with Crippen molar-refractivity contribution < 1.29 is 19.0 Å². The van der Waals surface area contributed by atoms with Gasteiger partial charge in [0.25, 0.3) is 5.91 Å². The van der Waals surface area contributed by atoms with Crippen molar-refractivity contribution in [1.29, 1.82) is 0 Å². The first-order valence-electron chi connectivity index (χ1n) is 7.90. The number of fused-ring (bicyclic) bond motifs is 1. The van der Waals surface area contributed by atoms with E-state index < -0.39 is 0 Å². The van der Waals surface area contributed by atoms with Crippen LogP contribution >= 0.6 is 11.3 Å². The molecule has 1 amide bonds. The molecule has 26 heavy (non-hydrogen) atoms. The summed E-state index contributed by atoms with van der Waals surface area (Å²) in [6.07, 6.45) is 0. The van der Waals surface area contributed by atoms with Gasteiger partial charge in [-0.15, -0.1) is 10.2 Å².